The van der Waals surface area contributed by atoms with Crippen molar-refractivity contribution >= 4 is 22.7 Å². The molecular formula is C29H31N3O4. The highest BCUT2D eigenvalue weighted by atomic mass is 16.6. The molecule has 1 amide bonds. The number of amides is 1. The number of aromatic nitrogens is 1. The van der Waals surface area contributed by atoms with Crippen molar-refractivity contribution in [3.05, 3.63) is 48.0 Å². The Morgan fingerprint density at radius 2 is 1.72 bits per heavy atom. The summed E-state index contributed by atoms with van der Waals surface area (Å²) in [6.07, 6.45) is 7.96. The van der Waals surface area contributed by atoms with Crippen LogP contribution in [0.4, 0.5) is 10.5 Å². The minimum Gasteiger partial charge on any atom is -0.490 e. The molecule has 0 atom stereocenters. The maximum absolute atomic E-state index is 12.2. The fourth-order valence-electron chi connectivity index (χ4n) is 5.27. The van der Waals surface area contributed by atoms with Crippen LogP contribution in [0.3, 0.4) is 0 Å². The molecular weight excluding hydrogens is 454 g/mol. The van der Waals surface area contributed by atoms with Gasteiger partial charge in [-0.05, 0) is 68.4 Å². The zero-order valence-electron chi connectivity index (χ0n) is 20.4. The normalized spacial score (nSPS) is 18.8. The number of benzene rings is 2. The summed E-state index contributed by atoms with van der Waals surface area (Å²) < 4.78 is 19.5. The molecule has 1 aromatic heterocycles. The summed E-state index contributed by atoms with van der Waals surface area (Å²) in [5.41, 5.74) is 4.30. The number of fused-ring (bicyclic) bond motifs is 1. The standard InChI is InChI=1S/C29H31N3O4/c30-18-26-25-12-11-24(35-23-13-15-34-16-14-23)17-27(25)32(21-3-1-4-21)28(26)19-7-9-20(10-8-19)31-29(33)36-22-5-2-6-22/h7-12,17,21-23H,1-6,13-16H2,(H,31,33). The molecule has 6 rings (SSSR count). The summed E-state index contributed by atoms with van der Waals surface area (Å²) in [4.78, 5) is 12.2. The fraction of sp³-hybridized carbons (Fsp3) is 0.448. The molecule has 1 saturated heterocycles. The molecule has 0 radical (unpaired) electrons. The van der Waals surface area contributed by atoms with Gasteiger partial charge >= 0.3 is 6.09 Å². The Bertz CT molecular complexity index is 1290. The number of nitrogens with one attached hydrogen (secondary N) is 1. The van der Waals surface area contributed by atoms with Gasteiger partial charge in [0, 0.05) is 36.0 Å². The number of nitriles is 1. The van der Waals surface area contributed by atoms with Gasteiger partial charge in [-0.2, -0.15) is 5.26 Å². The van der Waals surface area contributed by atoms with Gasteiger partial charge in [0.1, 0.15) is 24.0 Å². The molecule has 3 aromatic rings. The fourth-order valence-corrected chi connectivity index (χ4v) is 5.27. The van der Waals surface area contributed by atoms with Gasteiger partial charge in [-0.1, -0.05) is 12.1 Å². The topological polar surface area (TPSA) is 85.5 Å². The predicted octanol–water partition coefficient (Wildman–Crippen LogP) is 6.56. The van der Waals surface area contributed by atoms with Crippen molar-refractivity contribution in [1.29, 1.82) is 5.26 Å². The summed E-state index contributed by atoms with van der Waals surface area (Å²) >= 11 is 0. The van der Waals surface area contributed by atoms with Crippen LogP contribution < -0.4 is 10.1 Å². The summed E-state index contributed by atoms with van der Waals surface area (Å²) in [7, 11) is 0. The Kier molecular flexibility index (Phi) is 6.28. The van der Waals surface area contributed by atoms with Crippen LogP contribution in [0, 0.1) is 11.3 Å². The van der Waals surface area contributed by atoms with Crippen LogP contribution >= 0.6 is 0 Å². The first kappa shape index (κ1) is 22.9. The van der Waals surface area contributed by atoms with Crippen molar-refractivity contribution in [2.75, 3.05) is 18.5 Å². The number of carbonyl (C=O) groups excluding carboxylic acids is 1. The summed E-state index contributed by atoms with van der Waals surface area (Å²) in [5, 5.41) is 14.0. The average Bonchev–Trinajstić information content (AvgIpc) is 3.15. The number of nitrogens with zero attached hydrogens (tertiary/aromatic N) is 2. The van der Waals surface area contributed by atoms with Crippen LogP contribution in [0.15, 0.2) is 42.5 Å². The molecule has 2 aromatic carbocycles. The Morgan fingerprint density at radius 3 is 2.36 bits per heavy atom. The number of hydrogen-bond donors (Lipinski definition) is 1. The monoisotopic (exact) mass is 485 g/mol. The Hall–Kier alpha value is -3.50. The minimum absolute atomic E-state index is 0.0426. The minimum atomic E-state index is -0.411. The van der Waals surface area contributed by atoms with E-state index in [0.29, 0.717) is 17.3 Å². The summed E-state index contributed by atoms with van der Waals surface area (Å²) in [6.45, 7) is 1.47. The van der Waals surface area contributed by atoms with E-state index in [1.54, 1.807) is 0 Å². The number of rotatable bonds is 6. The smallest absolute Gasteiger partial charge is 0.411 e. The molecule has 0 unspecified atom stereocenters. The Morgan fingerprint density at radius 1 is 0.972 bits per heavy atom. The number of carbonyl (C=O) groups is 1. The lowest BCUT2D eigenvalue weighted by Crippen LogP contribution is -2.27. The van der Waals surface area contributed by atoms with Gasteiger partial charge in [0.05, 0.1) is 30.0 Å². The van der Waals surface area contributed by atoms with Crippen molar-refractivity contribution in [1.82, 2.24) is 4.57 Å². The molecule has 186 valence electrons. The molecule has 7 heteroatoms. The molecule has 1 N–H and O–H groups in total. The zero-order valence-corrected chi connectivity index (χ0v) is 20.4. The first-order valence-corrected chi connectivity index (χ1v) is 13.1. The molecule has 3 fully saturated rings. The molecule has 1 aliphatic heterocycles. The predicted molar refractivity (Wildman–Crippen MR) is 137 cm³/mol. The van der Waals surface area contributed by atoms with Crippen LogP contribution in [-0.2, 0) is 9.47 Å². The molecule has 2 aliphatic carbocycles. The summed E-state index contributed by atoms with van der Waals surface area (Å²) in [5.74, 6) is 0.841. The van der Waals surface area contributed by atoms with Gasteiger partial charge in [0.15, 0.2) is 0 Å². The van der Waals surface area contributed by atoms with Crippen molar-refractivity contribution in [3.63, 3.8) is 0 Å². The van der Waals surface area contributed by atoms with Gasteiger partial charge in [-0.3, -0.25) is 5.32 Å². The van der Waals surface area contributed by atoms with Crippen molar-refractivity contribution in [3.8, 4) is 23.1 Å². The second-order valence-corrected chi connectivity index (χ2v) is 10.1. The van der Waals surface area contributed by atoms with Gasteiger partial charge in [-0.25, -0.2) is 4.79 Å². The molecule has 0 bridgehead atoms. The molecule has 0 spiro atoms. The van der Waals surface area contributed by atoms with Crippen LogP contribution in [0.5, 0.6) is 5.75 Å². The van der Waals surface area contributed by atoms with Gasteiger partial charge in [0.25, 0.3) is 0 Å². The van der Waals surface area contributed by atoms with Gasteiger partial charge in [0.2, 0.25) is 0 Å². The first-order chi connectivity index (χ1) is 17.7. The molecule has 2 heterocycles. The number of anilines is 1. The third-order valence-corrected chi connectivity index (χ3v) is 7.73. The number of ether oxygens (including phenoxy) is 3. The van der Waals surface area contributed by atoms with Crippen LogP contribution in [-0.4, -0.2) is 36.1 Å². The van der Waals surface area contributed by atoms with E-state index >= 15 is 0 Å². The van der Waals surface area contributed by atoms with Crippen molar-refractivity contribution in [2.24, 2.45) is 0 Å². The summed E-state index contributed by atoms with van der Waals surface area (Å²) in [6, 6.07) is 16.6. The van der Waals surface area contributed by atoms with Crippen molar-refractivity contribution in [2.45, 2.75) is 69.6 Å². The third-order valence-electron chi connectivity index (χ3n) is 7.73. The highest BCUT2D eigenvalue weighted by Crippen LogP contribution is 2.43. The van der Waals surface area contributed by atoms with E-state index < -0.39 is 6.09 Å². The molecule has 36 heavy (non-hydrogen) atoms. The van der Waals surface area contributed by atoms with Gasteiger partial charge in [-0.15, -0.1) is 0 Å². The Labute approximate surface area is 210 Å². The third kappa shape index (κ3) is 4.42. The van der Waals surface area contributed by atoms with Crippen LogP contribution in [0.25, 0.3) is 22.2 Å². The zero-order chi connectivity index (χ0) is 24.5. The van der Waals surface area contributed by atoms with Crippen LogP contribution in [0.1, 0.15) is 63.0 Å². The van der Waals surface area contributed by atoms with E-state index in [1.165, 1.54) is 6.42 Å². The first-order valence-electron chi connectivity index (χ1n) is 13.1. The molecule has 7 nitrogen and oxygen atoms in total. The van der Waals surface area contributed by atoms with Gasteiger partial charge < -0.3 is 18.8 Å². The lowest BCUT2D eigenvalue weighted by Gasteiger charge is -2.30. The molecule has 3 aliphatic rings. The maximum Gasteiger partial charge on any atom is 0.411 e. The highest BCUT2D eigenvalue weighted by molar-refractivity contribution is 5.96. The highest BCUT2D eigenvalue weighted by Gasteiger charge is 2.28. The lowest BCUT2D eigenvalue weighted by molar-refractivity contribution is 0.0256. The second-order valence-electron chi connectivity index (χ2n) is 10.1. The van der Waals surface area contributed by atoms with Crippen LogP contribution in [0.2, 0.25) is 0 Å². The second kappa shape index (κ2) is 9.87. The van der Waals surface area contributed by atoms with Crippen molar-refractivity contribution < 1.29 is 19.0 Å². The number of hydrogen-bond acceptors (Lipinski definition) is 5. The average molecular weight is 486 g/mol. The van der Waals surface area contributed by atoms with E-state index in [-0.39, 0.29) is 12.2 Å². The SMILES string of the molecule is N#Cc1c(-c2ccc(NC(=O)OC3CCC3)cc2)n(C2CCC2)c2cc(OC3CCOCC3)ccc12. The largest absolute Gasteiger partial charge is 0.490 e. The quantitative estimate of drug-likeness (QED) is 0.427. The Balaban J connectivity index is 1.32. The molecule has 2 saturated carbocycles. The lowest BCUT2D eigenvalue weighted by atomic mass is 9.92. The van der Waals surface area contributed by atoms with E-state index in [9.17, 15) is 10.1 Å². The van der Waals surface area contributed by atoms with E-state index in [1.807, 2.05) is 36.4 Å². The van der Waals surface area contributed by atoms with E-state index in [2.05, 4.69) is 22.0 Å². The maximum atomic E-state index is 12.2. The van der Waals surface area contributed by atoms with E-state index in [0.717, 1.165) is 86.1 Å². The van der Waals surface area contributed by atoms with E-state index in [4.69, 9.17) is 14.2 Å².